The third kappa shape index (κ3) is 8.42. The Bertz CT molecular complexity index is 929. The molecule has 180 valence electrons. The number of amides is 2. The number of aryl methyl sites for hydroxylation is 1. The molecule has 1 fully saturated rings. The van der Waals surface area contributed by atoms with Gasteiger partial charge in [0, 0.05) is 31.9 Å². The van der Waals surface area contributed by atoms with E-state index in [1.807, 2.05) is 35.2 Å². The standard InChI is InChI=1S/C25H35N5O2.HI/c1-4-26-24(27-13-12-21-16-19(2)10-11-23(21)32-3)28-18-20-8-7-9-22(17-20)29-25(31)30-14-5-6-15-30;/h7-11,16-17H,4-6,12-15,18H2,1-3H3,(H,29,31)(H2,26,27,28);1H. The molecule has 0 radical (unpaired) electrons. The van der Waals surface area contributed by atoms with Gasteiger partial charge in [-0.3, -0.25) is 0 Å². The summed E-state index contributed by atoms with van der Waals surface area (Å²) in [5.74, 6) is 1.68. The molecule has 0 spiro atoms. The van der Waals surface area contributed by atoms with Gasteiger partial charge >= 0.3 is 6.03 Å². The molecule has 2 amide bonds. The summed E-state index contributed by atoms with van der Waals surface area (Å²) in [6, 6.07) is 14.1. The number of halogens is 1. The lowest BCUT2D eigenvalue weighted by atomic mass is 10.1. The summed E-state index contributed by atoms with van der Waals surface area (Å²) < 4.78 is 5.48. The third-order valence-electron chi connectivity index (χ3n) is 5.46. The lowest BCUT2D eigenvalue weighted by Crippen LogP contribution is -2.38. The molecule has 1 heterocycles. The molecule has 2 aromatic rings. The number of likely N-dealkylation sites (tertiary alicyclic amines) is 1. The van der Waals surface area contributed by atoms with Crippen molar-refractivity contribution < 1.29 is 9.53 Å². The minimum Gasteiger partial charge on any atom is -0.496 e. The number of methoxy groups -OCH3 is 1. The largest absolute Gasteiger partial charge is 0.496 e. The third-order valence-corrected chi connectivity index (χ3v) is 5.46. The summed E-state index contributed by atoms with van der Waals surface area (Å²) in [7, 11) is 1.70. The Balaban J connectivity index is 0.00000385. The summed E-state index contributed by atoms with van der Waals surface area (Å²) in [6.07, 6.45) is 3.01. The van der Waals surface area contributed by atoms with Crippen LogP contribution >= 0.6 is 24.0 Å². The van der Waals surface area contributed by atoms with Crippen molar-refractivity contribution in [1.82, 2.24) is 15.5 Å². The lowest BCUT2D eigenvalue weighted by Gasteiger charge is -2.16. The van der Waals surface area contributed by atoms with Crippen molar-refractivity contribution in [2.75, 3.05) is 38.6 Å². The van der Waals surface area contributed by atoms with Gasteiger partial charge in [-0.15, -0.1) is 24.0 Å². The summed E-state index contributed by atoms with van der Waals surface area (Å²) in [4.78, 5) is 18.9. The van der Waals surface area contributed by atoms with Crippen LogP contribution in [0.2, 0.25) is 0 Å². The zero-order valence-corrected chi connectivity index (χ0v) is 22.1. The van der Waals surface area contributed by atoms with Crippen molar-refractivity contribution >= 4 is 41.7 Å². The van der Waals surface area contributed by atoms with E-state index in [0.29, 0.717) is 6.54 Å². The molecule has 33 heavy (non-hydrogen) atoms. The predicted octanol–water partition coefficient (Wildman–Crippen LogP) is 4.55. The highest BCUT2D eigenvalue weighted by Gasteiger charge is 2.17. The number of hydrogen-bond donors (Lipinski definition) is 3. The number of anilines is 1. The molecule has 1 aliphatic heterocycles. The average Bonchev–Trinajstić information content (AvgIpc) is 3.33. The van der Waals surface area contributed by atoms with E-state index in [2.05, 4.69) is 41.9 Å². The Morgan fingerprint density at radius 3 is 2.64 bits per heavy atom. The van der Waals surface area contributed by atoms with Crippen LogP contribution in [0, 0.1) is 6.92 Å². The van der Waals surface area contributed by atoms with Crippen molar-refractivity contribution in [1.29, 1.82) is 0 Å². The van der Waals surface area contributed by atoms with Crippen LogP contribution in [-0.2, 0) is 13.0 Å². The second-order valence-electron chi connectivity index (χ2n) is 8.01. The van der Waals surface area contributed by atoms with Gasteiger partial charge in [0.25, 0.3) is 0 Å². The van der Waals surface area contributed by atoms with Gasteiger partial charge in [-0.2, -0.15) is 0 Å². The van der Waals surface area contributed by atoms with E-state index >= 15 is 0 Å². The van der Waals surface area contributed by atoms with Crippen LogP contribution < -0.4 is 20.7 Å². The number of carbonyl (C=O) groups is 1. The van der Waals surface area contributed by atoms with Crippen LogP contribution in [0.4, 0.5) is 10.5 Å². The second-order valence-corrected chi connectivity index (χ2v) is 8.01. The summed E-state index contributed by atoms with van der Waals surface area (Å²) in [5.41, 5.74) is 4.25. The number of ether oxygens (including phenoxy) is 1. The number of urea groups is 1. The monoisotopic (exact) mass is 565 g/mol. The minimum atomic E-state index is -0.0234. The van der Waals surface area contributed by atoms with E-state index in [-0.39, 0.29) is 30.0 Å². The number of guanidine groups is 1. The molecule has 2 aromatic carbocycles. The van der Waals surface area contributed by atoms with Gasteiger partial charge in [-0.1, -0.05) is 29.8 Å². The van der Waals surface area contributed by atoms with Crippen molar-refractivity contribution in [2.24, 2.45) is 4.99 Å². The molecule has 0 atom stereocenters. The van der Waals surface area contributed by atoms with E-state index in [1.165, 1.54) is 11.1 Å². The zero-order chi connectivity index (χ0) is 22.8. The fourth-order valence-electron chi connectivity index (χ4n) is 3.80. The van der Waals surface area contributed by atoms with Gasteiger partial charge in [0.15, 0.2) is 5.96 Å². The van der Waals surface area contributed by atoms with Gasteiger partial charge in [0.1, 0.15) is 5.75 Å². The molecule has 7 nitrogen and oxygen atoms in total. The van der Waals surface area contributed by atoms with Crippen LogP contribution in [0.25, 0.3) is 0 Å². The summed E-state index contributed by atoms with van der Waals surface area (Å²) in [6.45, 7) is 7.86. The molecule has 0 aliphatic carbocycles. The van der Waals surface area contributed by atoms with Crippen molar-refractivity contribution in [3.8, 4) is 5.75 Å². The van der Waals surface area contributed by atoms with Crippen molar-refractivity contribution in [3.05, 3.63) is 59.2 Å². The van der Waals surface area contributed by atoms with E-state index in [1.54, 1.807) is 7.11 Å². The number of rotatable bonds is 8. The highest BCUT2D eigenvalue weighted by Crippen LogP contribution is 2.20. The van der Waals surface area contributed by atoms with Gasteiger partial charge in [0.05, 0.1) is 13.7 Å². The molecule has 0 aromatic heterocycles. The van der Waals surface area contributed by atoms with Gasteiger partial charge in [0.2, 0.25) is 0 Å². The topological polar surface area (TPSA) is 78.0 Å². The van der Waals surface area contributed by atoms with Crippen molar-refractivity contribution in [3.63, 3.8) is 0 Å². The van der Waals surface area contributed by atoms with Crippen LogP contribution in [0.1, 0.15) is 36.5 Å². The van der Waals surface area contributed by atoms with E-state index in [9.17, 15) is 4.79 Å². The van der Waals surface area contributed by atoms with Crippen LogP contribution in [0.15, 0.2) is 47.5 Å². The normalized spacial score (nSPS) is 13.3. The van der Waals surface area contributed by atoms with Gasteiger partial charge < -0.3 is 25.6 Å². The number of benzene rings is 2. The highest BCUT2D eigenvalue weighted by molar-refractivity contribution is 14.0. The number of hydrogen-bond acceptors (Lipinski definition) is 3. The molecular formula is C25H36IN5O2. The molecule has 8 heteroatoms. The first-order chi connectivity index (χ1) is 15.6. The van der Waals surface area contributed by atoms with Gasteiger partial charge in [-0.25, -0.2) is 9.79 Å². The average molecular weight is 566 g/mol. The number of nitrogens with zero attached hydrogens (tertiary/aromatic N) is 2. The first kappa shape index (κ1) is 26.8. The second kappa shape index (κ2) is 13.9. The zero-order valence-electron chi connectivity index (χ0n) is 19.8. The molecular weight excluding hydrogens is 529 g/mol. The molecule has 0 unspecified atom stereocenters. The molecule has 1 aliphatic rings. The van der Waals surface area contributed by atoms with E-state index in [0.717, 1.165) is 68.4 Å². The summed E-state index contributed by atoms with van der Waals surface area (Å²) in [5, 5.41) is 9.70. The Morgan fingerprint density at radius 1 is 1.12 bits per heavy atom. The first-order valence-electron chi connectivity index (χ1n) is 11.4. The first-order valence-corrected chi connectivity index (χ1v) is 11.4. The number of aliphatic imine (C=N–C) groups is 1. The summed E-state index contributed by atoms with van der Waals surface area (Å²) >= 11 is 0. The van der Waals surface area contributed by atoms with Crippen LogP contribution in [0.3, 0.4) is 0 Å². The fourth-order valence-corrected chi connectivity index (χ4v) is 3.80. The molecule has 0 saturated carbocycles. The molecule has 1 saturated heterocycles. The Hall–Kier alpha value is -2.49. The maximum absolute atomic E-state index is 12.3. The minimum absolute atomic E-state index is 0. The van der Waals surface area contributed by atoms with Crippen LogP contribution in [0.5, 0.6) is 5.75 Å². The Labute approximate surface area is 214 Å². The predicted molar refractivity (Wildman–Crippen MR) is 146 cm³/mol. The smallest absolute Gasteiger partial charge is 0.321 e. The molecule has 3 N–H and O–H groups in total. The molecule has 0 bridgehead atoms. The number of carbonyl (C=O) groups excluding carboxylic acids is 1. The van der Waals surface area contributed by atoms with Crippen LogP contribution in [-0.4, -0.2) is 50.2 Å². The maximum Gasteiger partial charge on any atom is 0.321 e. The Morgan fingerprint density at radius 2 is 1.91 bits per heavy atom. The van der Waals surface area contributed by atoms with E-state index < -0.39 is 0 Å². The Kier molecular flexibility index (Phi) is 11.3. The highest BCUT2D eigenvalue weighted by atomic mass is 127. The number of nitrogens with one attached hydrogen (secondary N) is 3. The maximum atomic E-state index is 12.3. The van der Waals surface area contributed by atoms with Crippen molar-refractivity contribution in [2.45, 2.75) is 39.7 Å². The fraction of sp³-hybridized carbons (Fsp3) is 0.440. The SMILES string of the molecule is CCNC(=NCc1cccc(NC(=O)N2CCCC2)c1)NCCc1cc(C)ccc1OC.I. The quantitative estimate of drug-likeness (QED) is 0.250. The van der Waals surface area contributed by atoms with Gasteiger partial charge in [-0.05, 0) is 62.4 Å². The van der Waals surface area contributed by atoms with E-state index in [4.69, 9.17) is 9.73 Å². The lowest BCUT2D eigenvalue weighted by molar-refractivity contribution is 0.222. The molecule has 3 rings (SSSR count).